The summed E-state index contributed by atoms with van der Waals surface area (Å²) < 4.78 is 5.43. The third-order valence-corrected chi connectivity index (χ3v) is 6.27. The zero-order valence-corrected chi connectivity index (χ0v) is 20.5. The van der Waals surface area contributed by atoms with Gasteiger partial charge < -0.3 is 14.7 Å². The van der Waals surface area contributed by atoms with E-state index in [4.69, 9.17) is 21.2 Å². The van der Waals surface area contributed by atoms with E-state index in [9.17, 15) is 19.5 Å². The van der Waals surface area contributed by atoms with Crippen LogP contribution in [0.4, 0.5) is 0 Å². The number of imide groups is 1. The van der Waals surface area contributed by atoms with E-state index in [-0.39, 0.29) is 25.3 Å². The Hall–Kier alpha value is -3.39. The molecule has 0 radical (unpaired) electrons. The van der Waals surface area contributed by atoms with Crippen LogP contribution in [0.3, 0.4) is 0 Å². The van der Waals surface area contributed by atoms with Gasteiger partial charge in [-0.1, -0.05) is 41.9 Å². The number of hydrogen-bond acceptors (Lipinski definition) is 6. The summed E-state index contributed by atoms with van der Waals surface area (Å²) in [6, 6.07) is 14.2. The van der Waals surface area contributed by atoms with Crippen LogP contribution in [0, 0.1) is 11.8 Å². The molecule has 0 aromatic heterocycles. The second-order valence-electron chi connectivity index (χ2n) is 8.42. The summed E-state index contributed by atoms with van der Waals surface area (Å²) in [6.07, 6.45) is 1.20. The maximum Gasteiger partial charge on any atom is 0.307 e. The summed E-state index contributed by atoms with van der Waals surface area (Å²) in [5, 5.41) is 14.1. The molecule has 2 atom stereocenters. The zero-order chi connectivity index (χ0) is 25.4. The Morgan fingerprint density at radius 1 is 1.23 bits per heavy atom. The Bertz CT molecular complexity index is 1090. The zero-order valence-electron chi connectivity index (χ0n) is 19.8. The number of oxime groups is 1. The molecule has 1 saturated heterocycles. The number of likely N-dealkylation sites (tertiary alicyclic amines) is 1. The first kappa shape index (κ1) is 26.2. The molecule has 0 aliphatic carbocycles. The van der Waals surface area contributed by atoms with Gasteiger partial charge in [0, 0.05) is 17.4 Å². The molecule has 0 spiro atoms. The van der Waals surface area contributed by atoms with Crippen molar-refractivity contribution < 1.29 is 29.1 Å². The molecule has 1 aliphatic rings. The Labute approximate surface area is 209 Å². The number of nitrogens with zero attached hydrogens (tertiary/aromatic N) is 2. The fourth-order valence-electron chi connectivity index (χ4n) is 4.00. The van der Waals surface area contributed by atoms with E-state index in [0.29, 0.717) is 41.5 Å². The Morgan fingerprint density at radius 3 is 2.63 bits per heavy atom. The SMILES string of the molecule is CC[C@@H](CC(=O)N1C/C(=N/Oc2ccccc2)CCC(Cc2cc(Cl)ccc2OC)C1=O)C(=O)O. The minimum atomic E-state index is -1.07. The molecule has 1 fully saturated rings. The van der Waals surface area contributed by atoms with Crippen LogP contribution in [-0.4, -0.2) is 47.2 Å². The monoisotopic (exact) mass is 500 g/mol. The van der Waals surface area contributed by atoms with Crippen LogP contribution >= 0.6 is 11.6 Å². The fourth-order valence-corrected chi connectivity index (χ4v) is 4.19. The lowest BCUT2D eigenvalue weighted by Crippen LogP contribution is -2.43. The highest BCUT2D eigenvalue weighted by molar-refractivity contribution is 6.30. The quantitative estimate of drug-likeness (QED) is 0.505. The van der Waals surface area contributed by atoms with Crippen molar-refractivity contribution in [2.75, 3.05) is 13.7 Å². The molecule has 35 heavy (non-hydrogen) atoms. The van der Waals surface area contributed by atoms with Crippen LogP contribution in [0.2, 0.25) is 5.02 Å². The van der Waals surface area contributed by atoms with Crippen molar-refractivity contribution in [3.63, 3.8) is 0 Å². The molecule has 0 bridgehead atoms. The van der Waals surface area contributed by atoms with Gasteiger partial charge in [-0.25, -0.2) is 0 Å². The number of benzene rings is 2. The van der Waals surface area contributed by atoms with Gasteiger partial charge in [0.15, 0.2) is 5.75 Å². The van der Waals surface area contributed by atoms with E-state index in [1.807, 2.05) is 18.2 Å². The molecule has 1 aliphatic heterocycles. The first-order valence-electron chi connectivity index (χ1n) is 11.5. The van der Waals surface area contributed by atoms with Crippen molar-refractivity contribution in [2.45, 2.75) is 39.0 Å². The average molecular weight is 501 g/mol. The number of hydrogen-bond donors (Lipinski definition) is 1. The summed E-state index contributed by atoms with van der Waals surface area (Å²) >= 11 is 6.17. The number of para-hydroxylation sites is 1. The summed E-state index contributed by atoms with van der Waals surface area (Å²) in [7, 11) is 1.54. The molecule has 3 rings (SSSR count). The van der Waals surface area contributed by atoms with Crippen molar-refractivity contribution in [1.29, 1.82) is 0 Å². The average Bonchev–Trinajstić information content (AvgIpc) is 3.00. The third-order valence-electron chi connectivity index (χ3n) is 6.03. The Balaban J connectivity index is 1.88. The molecule has 1 N–H and O–H groups in total. The second kappa shape index (κ2) is 12.4. The van der Waals surface area contributed by atoms with Crippen LogP contribution in [0.5, 0.6) is 11.5 Å². The number of carbonyl (C=O) groups excluding carboxylic acids is 2. The molecule has 2 aromatic rings. The first-order valence-corrected chi connectivity index (χ1v) is 11.9. The number of ether oxygens (including phenoxy) is 1. The molecule has 9 heteroatoms. The van der Waals surface area contributed by atoms with Gasteiger partial charge in [0.1, 0.15) is 5.75 Å². The number of carbonyl (C=O) groups is 3. The lowest BCUT2D eigenvalue weighted by atomic mass is 9.93. The van der Waals surface area contributed by atoms with Crippen molar-refractivity contribution in [1.82, 2.24) is 4.90 Å². The number of carboxylic acid groups (broad SMARTS) is 1. The summed E-state index contributed by atoms with van der Waals surface area (Å²) in [5.74, 6) is -2.26. The van der Waals surface area contributed by atoms with Crippen LogP contribution in [0.1, 0.15) is 38.2 Å². The van der Waals surface area contributed by atoms with Crippen LogP contribution in [0.25, 0.3) is 0 Å². The largest absolute Gasteiger partial charge is 0.496 e. The van der Waals surface area contributed by atoms with E-state index in [2.05, 4.69) is 5.16 Å². The number of methoxy groups -OCH3 is 1. The standard InChI is InChI=1S/C26H29ClN2O6/c1-3-17(26(32)33)15-24(30)29-16-21(28-35-22-7-5-4-6-8-22)11-9-18(25(29)31)13-19-14-20(27)10-12-23(19)34-2/h4-8,10,12,14,17-18H,3,9,11,13,15-16H2,1-2H3,(H,32,33)/b28-21+/t17-,18?/m0/s1. The minimum absolute atomic E-state index is 0.0519. The van der Waals surface area contributed by atoms with Crippen molar-refractivity contribution in [3.8, 4) is 11.5 Å². The molecule has 2 aromatic carbocycles. The van der Waals surface area contributed by atoms with Gasteiger partial charge in [-0.15, -0.1) is 0 Å². The van der Waals surface area contributed by atoms with Gasteiger partial charge in [0.2, 0.25) is 11.8 Å². The van der Waals surface area contributed by atoms with Gasteiger partial charge in [-0.05, 0) is 61.6 Å². The molecule has 8 nitrogen and oxygen atoms in total. The first-order chi connectivity index (χ1) is 16.8. The van der Waals surface area contributed by atoms with E-state index in [1.165, 1.54) is 0 Å². The predicted molar refractivity (Wildman–Crippen MR) is 132 cm³/mol. The van der Waals surface area contributed by atoms with Gasteiger partial charge in [0.25, 0.3) is 0 Å². The number of aliphatic carboxylic acids is 1. The van der Waals surface area contributed by atoms with Crippen molar-refractivity contribution in [3.05, 3.63) is 59.1 Å². The van der Waals surface area contributed by atoms with E-state index in [1.54, 1.807) is 44.4 Å². The van der Waals surface area contributed by atoms with Crippen molar-refractivity contribution in [2.24, 2.45) is 17.0 Å². The second-order valence-corrected chi connectivity index (χ2v) is 8.86. The summed E-state index contributed by atoms with van der Waals surface area (Å²) in [6.45, 7) is 1.65. The van der Waals surface area contributed by atoms with E-state index < -0.39 is 23.7 Å². The minimum Gasteiger partial charge on any atom is -0.496 e. The molecular weight excluding hydrogens is 472 g/mol. The van der Waals surface area contributed by atoms with Gasteiger partial charge in [-0.2, -0.15) is 0 Å². The third kappa shape index (κ3) is 7.05. The fraction of sp³-hybridized carbons (Fsp3) is 0.385. The highest BCUT2D eigenvalue weighted by atomic mass is 35.5. The normalized spacial score (nSPS) is 18.1. The number of amides is 2. The molecule has 186 valence electrons. The highest BCUT2D eigenvalue weighted by Gasteiger charge is 2.35. The van der Waals surface area contributed by atoms with Gasteiger partial charge in [0.05, 0.1) is 25.3 Å². The maximum atomic E-state index is 13.5. The lowest BCUT2D eigenvalue weighted by Gasteiger charge is -2.24. The predicted octanol–water partition coefficient (Wildman–Crippen LogP) is 4.59. The number of carboxylic acids is 1. The van der Waals surface area contributed by atoms with Gasteiger partial charge >= 0.3 is 5.97 Å². The van der Waals surface area contributed by atoms with Gasteiger partial charge in [-0.3, -0.25) is 19.3 Å². The maximum absolute atomic E-state index is 13.5. The number of halogens is 1. The van der Waals surface area contributed by atoms with Crippen molar-refractivity contribution >= 4 is 35.1 Å². The van der Waals surface area contributed by atoms with Crippen LogP contribution in [-0.2, 0) is 20.8 Å². The smallest absolute Gasteiger partial charge is 0.307 e. The van der Waals surface area contributed by atoms with E-state index >= 15 is 0 Å². The van der Waals surface area contributed by atoms with Crippen LogP contribution in [0.15, 0.2) is 53.7 Å². The molecule has 1 heterocycles. The lowest BCUT2D eigenvalue weighted by molar-refractivity contribution is -0.151. The Morgan fingerprint density at radius 2 is 1.97 bits per heavy atom. The van der Waals surface area contributed by atoms with Crippen LogP contribution < -0.4 is 9.57 Å². The molecular formula is C26H29ClN2O6. The topological polar surface area (TPSA) is 106 Å². The summed E-state index contributed by atoms with van der Waals surface area (Å²) in [5.41, 5.74) is 1.28. The number of rotatable bonds is 9. The van der Waals surface area contributed by atoms with E-state index in [0.717, 1.165) is 10.5 Å². The highest BCUT2D eigenvalue weighted by Crippen LogP contribution is 2.29. The molecule has 0 saturated carbocycles. The molecule has 1 unspecified atom stereocenters. The summed E-state index contributed by atoms with van der Waals surface area (Å²) in [4.78, 5) is 44.8. The molecule has 2 amide bonds. The Kier molecular flexibility index (Phi) is 9.25.